The maximum Gasteiger partial charge on any atom is 0.148 e. The maximum absolute atomic E-state index is 13.0. The van der Waals surface area contributed by atoms with Crippen molar-refractivity contribution in [3.05, 3.63) is 47.9 Å². The SMILES string of the molecule is CCC(C)n1ccc(NCc2cccc(F)c2)n1.Cl. The van der Waals surface area contributed by atoms with Crippen LogP contribution in [0.25, 0.3) is 0 Å². The summed E-state index contributed by atoms with van der Waals surface area (Å²) in [6, 6.07) is 8.91. The van der Waals surface area contributed by atoms with E-state index in [0.717, 1.165) is 17.8 Å². The summed E-state index contributed by atoms with van der Waals surface area (Å²) >= 11 is 0. The molecule has 1 heterocycles. The second-order valence-electron chi connectivity index (χ2n) is 4.42. The molecule has 0 aliphatic heterocycles. The van der Waals surface area contributed by atoms with Crippen LogP contribution < -0.4 is 5.32 Å². The van der Waals surface area contributed by atoms with E-state index < -0.39 is 0 Å². The van der Waals surface area contributed by atoms with Crippen LogP contribution in [0.3, 0.4) is 0 Å². The van der Waals surface area contributed by atoms with Crippen LogP contribution in [-0.4, -0.2) is 9.78 Å². The van der Waals surface area contributed by atoms with Gasteiger partial charge in [0.25, 0.3) is 0 Å². The minimum atomic E-state index is -0.209. The first-order valence-electron chi connectivity index (χ1n) is 6.22. The summed E-state index contributed by atoms with van der Waals surface area (Å²) in [7, 11) is 0. The van der Waals surface area contributed by atoms with Crippen molar-refractivity contribution in [2.45, 2.75) is 32.9 Å². The topological polar surface area (TPSA) is 29.9 Å². The summed E-state index contributed by atoms with van der Waals surface area (Å²) in [5, 5.41) is 7.62. The van der Waals surface area contributed by atoms with Gasteiger partial charge < -0.3 is 5.32 Å². The summed E-state index contributed by atoms with van der Waals surface area (Å²) in [5.74, 6) is 0.610. The first-order valence-corrected chi connectivity index (χ1v) is 6.22. The molecule has 0 fully saturated rings. The Morgan fingerprint density at radius 2 is 2.16 bits per heavy atom. The van der Waals surface area contributed by atoms with Crippen molar-refractivity contribution in [1.29, 1.82) is 0 Å². The molecule has 104 valence electrons. The van der Waals surface area contributed by atoms with Crippen molar-refractivity contribution in [3.8, 4) is 0 Å². The van der Waals surface area contributed by atoms with Gasteiger partial charge in [0.05, 0.1) is 0 Å². The summed E-state index contributed by atoms with van der Waals surface area (Å²) in [4.78, 5) is 0. The Kier molecular flexibility index (Phi) is 5.83. The van der Waals surface area contributed by atoms with Gasteiger partial charge in [0, 0.05) is 24.8 Å². The van der Waals surface area contributed by atoms with Crippen LogP contribution in [0.1, 0.15) is 31.9 Å². The first kappa shape index (κ1) is 15.5. The molecule has 19 heavy (non-hydrogen) atoms. The molecule has 2 rings (SSSR count). The van der Waals surface area contributed by atoms with Gasteiger partial charge in [0.15, 0.2) is 0 Å². The lowest BCUT2D eigenvalue weighted by molar-refractivity contribution is 0.479. The Hall–Kier alpha value is -1.55. The highest BCUT2D eigenvalue weighted by Gasteiger charge is 2.04. The van der Waals surface area contributed by atoms with E-state index in [1.54, 1.807) is 6.07 Å². The summed E-state index contributed by atoms with van der Waals surface area (Å²) in [6.45, 7) is 4.84. The molecule has 0 saturated heterocycles. The smallest absolute Gasteiger partial charge is 0.148 e. The van der Waals surface area contributed by atoms with E-state index in [0.29, 0.717) is 12.6 Å². The highest BCUT2D eigenvalue weighted by atomic mass is 35.5. The third-order valence-corrected chi connectivity index (χ3v) is 3.01. The number of benzene rings is 1. The van der Waals surface area contributed by atoms with Gasteiger partial charge in [-0.3, -0.25) is 4.68 Å². The van der Waals surface area contributed by atoms with E-state index in [2.05, 4.69) is 24.3 Å². The number of nitrogens with one attached hydrogen (secondary N) is 1. The molecule has 0 radical (unpaired) electrons. The Morgan fingerprint density at radius 3 is 2.84 bits per heavy atom. The third-order valence-electron chi connectivity index (χ3n) is 3.01. The van der Waals surface area contributed by atoms with E-state index in [4.69, 9.17) is 0 Å². The number of rotatable bonds is 5. The Labute approximate surface area is 119 Å². The molecule has 2 aromatic rings. The molecule has 0 saturated carbocycles. The number of hydrogen-bond donors (Lipinski definition) is 1. The van der Waals surface area contributed by atoms with Crippen molar-refractivity contribution in [2.75, 3.05) is 5.32 Å². The number of anilines is 1. The van der Waals surface area contributed by atoms with Gasteiger partial charge >= 0.3 is 0 Å². The van der Waals surface area contributed by atoms with Gasteiger partial charge in [-0.2, -0.15) is 5.10 Å². The molecule has 1 aromatic carbocycles. The van der Waals surface area contributed by atoms with Gasteiger partial charge in [-0.25, -0.2) is 4.39 Å². The van der Waals surface area contributed by atoms with Gasteiger partial charge in [-0.15, -0.1) is 12.4 Å². The monoisotopic (exact) mass is 283 g/mol. The number of aromatic nitrogens is 2. The van der Waals surface area contributed by atoms with Crippen LogP contribution in [0.2, 0.25) is 0 Å². The normalized spacial score (nSPS) is 11.7. The van der Waals surface area contributed by atoms with Crippen molar-refractivity contribution < 1.29 is 4.39 Å². The van der Waals surface area contributed by atoms with Gasteiger partial charge in [-0.1, -0.05) is 19.1 Å². The lowest BCUT2D eigenvalue weighted by Gasteiger charge is -2.08. The molecule has 0 aliphatic rings. The Balaban J connectivity index is 0.00000180. The minimum absolute atomic E-state index is 0. The Bertz CT molecular complexity index is 513. The second-order valence-corrected chi connectivity index (χ2v) is 4.42. The molecule has 3 nitrogen and oxygen atoms in total. The van der Waals surface area contributed by atoms with Crippen molar-refractivity contribution in [2.24, 2.45) is 0 Å². The molecule has 5 heteroatoms. The lowest BCUT2D eigenvalue weighted by atomic mass is 10.2. The van der Waals surface area contributed by atoms with Crippen molar-refractivity contribution >= 4 is 18.2 Å². The van der Waals surface area contributed by atoms with Crippen LogP contribution in [0, 0.1) is 5.82 Å². The van der Waals surface area contributed by atoms with Crippen molar-refractivity contribution in [1.82, 2.24) is 9.78 Å². The molecule has 1 unspecified atom stereocenters. The second kappa shape index (κ2) is 7.14. The standard InChI is InChI=1S/C14H18FN3.ClH/c1-3-11(2)18-8-7-14(17-18)16-10-12-5-4-6-13(15)9-12;/h4-9,11H,3,10H2,1-2H3,(H,16,17);1H. The molecule has 0 bridgehead atoms. The fourth-order valence-corrected chi connectivity index (χ4v) is 1.70. The fraction of sp³-hybridized carbons (Fsp3) is 0.357. The van der Waals surface area contributed by atoms with Gasteiger partial charge in [-0.05, 0) is 31.0 Å². The summed E-state index contributed by atoms with van der Waals surface area (Å²) in [6.07, 6.45) is 3.01. The van der Waals surface area contributed by atoms with Crippen molar-refractivity contribution in [3.63, 3.8) is 0 Å². The molecule has 1 aromatic heterocycles. The molecule has 0 amide bonds. The average molecular weight is 284 g/mol. The van der Waals surface area contributed by atoms with Crippen LogP contribution in [0.4, 0.5) is 10.2 Å². The van der Waals surface area contributed by atoms with E-state index in [-0.39, 0.29) is 18.2 Å². The van der Waals surface area contributed by atoms with Crippen LogP contribution >= 0.6 is 12.4 Å². The average Bonchev–Trinajstić information content (AvgIpc) is 2.84. The largest absolute Gasteiger partial charge is 0.365 e. The minimum Gasteiger partial charge on any atom is -0.365 e. The molecular weight excluding hydrogens is 265 g/mol. The van der Waals surface area contributed by atoms with E-state index in [1.807, 2.05) is 23.0 Å². The van der Waals surface area contributed by atoms with E-state index >= 15 is 0 Å². The van der Waals surface area contributed by atoms with E-state index in [9.17, 15) is 4.39 Å². The zero-order chi connectivity index (χ0) is 13.0. The maximum atomic E-state index is 13.0. The Morgan fingerprint density at radius 1 is 1.37 bits per heavy atom. The van der Waals surface area contributed by atoms with Crippen LogP contribution in [0.15, 0.2) is 36.5 Å². The highest BCUT2D eigenvalue weighted by Crippen LogP contribution is 2.13. The summed E-state index contributed by atoms with van der Waals surface area (Å²) in [5.41, 5.74) is 0.910. The van der Waals surface area contributed by atoms with Crippen LogP contribution in [-0.2, 0) is 6.54 Å². The molecule has 0 aliphatic carbocycles. The number of halogens is 2. The van der Waals surface area contributed by atoms with E-state index in [1.165, 1.54) is 12.1 Å². The fourth-order valence-electron chi connectivity index (χ4n) is 1.70. The molecular formula is C14H19ClFN3. The predicted octanol–water partition coefficient (Wildman–Crippen LogP) is 4.03. The van der Waals surface area contributed by atoms with Crippen LogP contribution in [0.5, 0.6) is 0 Å². The van der Waals surface area contributed by atoms with Gasteiger partial charge in [0.2, 0.25) is 0 Å². The zero-order valence-corrected chi connectivity index (χ0v) is 12.0. The number of nitrogens with zero attached hydrogens (tertiary/aromatic N) is 2. The zero-order valence-electron chi connectivity index (χ0n) is 11.1. The highest BCUT2D eigenvalue weighted by molar-refractivity contribution is 5.85. The lowest BCUT2D eigenvalue weighted by Crippen LogP contribution is -2.06. The summed E-state index contributed by atoms with van der Waals surface area (Å²) < 4.78 is 14.9. The molecule has 1 N–H and O–H groups in total. The third kappa shape index (κ3) is 4.24. The number of hydrogen-bond acceptors (Lipinski definition) is 2. The predicted molar refractivity (Wildman–Crippen MR) is 78.2 cm³/mol. The molecule has 0 spiro atoms. The first-order chi connectivity index (χ1) is 8.69. The quantitative estimate of drug-likeness (QED) is 0.898. The van der Waals surface area contributed by atoms with Gasteiger partial charge in [0.1, 0.15) is 11.6 Å². The molecule has 1 atom stereocenters.